The third-order valence-corrected chi connectivity index (χ3v) is 7.37. The number of carbonyl (C=O) groups excluding carboxylic acids is 2. The molecule has 0 aromatic heterocycles. The van der Waals surface area contributed by atoms with Crippen molar-refractivity contribution in [2.24, 2.45) is 11.1 Å². The summed E-state index contributed by atoms with van der Waals surface area (Å²) in [5.74, 6) is 0.196. The number of amides is 1. The van der Waals surface area contributed by atoms with E-state index in [0.717, 1.165) is 10.0 Å². The number of carbonyl (C=O) groups is 2. The fourth-order valence-corrected chi connectivity index (χ4v) is 5.02. The molecule has 2 aromatic carbocycles. The number of nitrogens with one attached hydrogen (secondary N) is 1. The topological polar surface area (TPSA) is 124 Å². The molecule has 1 atom stereocenters. The number of hydrogen-bond donors (Lipinski definition) is 2. The van der Waals surface area contributed by atoms with Gasteiger partial charge in [0.15, 0.2) is 23.9 Å². The summed E-state index contributed by atoms with van der Waals surface area (Å²) < 4.78 is 18.3. The number of halogens is 1. The first-order valence-electron chi connectivity index (χ1n) is 12.3. The molecule has 1 aliphatic carbocycles. The van der Waals surface area contributed by atoms with Crippen molar-refractivity contribution >= 4 is 33.3 Å². The zero-order chi connectivity index (χ0) is 27.6. The molecular weight excluding hydrogens is 550 g/mol. The number of ether oxygens (including phenoxy) is 3. The number of anilines is 1. The molecule has 1 aliphatic heterocycles. The molecule has 4 rings (SSSR count). The maximum absolute atomic E-state index is 13.2. The van der Waals surface area contributed by atoms with Gasteiger partial charge in [-0.1, -0.05) is 35.8 Å². The van der Waals surface area contributed by atoms with Crippen molar-refractivity contribution in [3.63, 3.8) is 0 Å². The van der Waals surface area contributed by atoms with Crippen molar-refractivity contribution in [1.82, 2.24) is 0 Å². The normalized spacial score (nSPS) is 18.3. The molecular formula is C29H30BrN3O5. The van der Waals surface area contributed by atoms with Gasteiger partial charge in [-0.25, -0.2) is 0 Å². The van der Waals surface area contributed by atoms with Crippen LogP contribution in [0.15, 0.2) is 63.7 Å². The Kier molecular flexibility index (Phi) is 7.83. The van der Waals surface area contributed by atoms with E-state index < -0.39 is 5.92 Å². The summed E-state index contributed by atoms with van der Waals surface area (Å²) >= 11 is 3.45. The maximum atomic E-state index is 13.2. The van der Waals surface area contributed by atoms with E-state index >= 15 is 0 Å². The standard InChI is InChI=1S/C29H30BrN3O5/c1-5-36-23-11-17(6-9-22(23)37-15-25(35)33-18-7-8-20(30)16(2)10-18)26-19(14-31)28(32)38-24-13-29(3,4)12-21(34)27(24)26/h6-11,26H,5,12-13,15,32H2,1-4H3,(H,33,35). The third kappa shape index (κ3) is 5.70. The highest BCUT2D eigenvalue weighted by Crippen LogP contribution is 2.48. The van der Waals surface area contributed by atoms with Crippen molar-refractivity contribution in [2.45, 2.75) is 46.5 Å². The lowest BCUT2D eigenvalue weighted by molar-refractivity contribution is -0.119. The molecule has 0 bridgehead atoms. The highest BCUT2D eigenvalue weighted by molar-refractivity contribution is 9.10. The quantitative estimate of drug-likeness (QED) is 0.436. The van der Waals surface area contributed by atoms with Crippen molar-refractivity contribution in [1.29, 1.82) is 5.26 Å². The Labute approximate surface area is 230 Å². The first-order chi connectivity index (χ1) is 18.0. The Morgan fingerprint density at radius 3 is 2.66 bits per heavy atom. The lowest BCUT2D eigenvalue weighted by Crippen LogP contribution is -2.33. The zero-order valence-corrected chi connectivity index (χ0v) is 23.4. The van der Waals surface area contributed by atoms with Crippen LogP contribution in [0, 0.1) is 23.7 Å². The van der Waals surface area contributed by atoms with Crippen LogP contribution >= 0.6 is 15.9 Å². The summed E-state index contributed by atoms with van der Waals surface area (Å²) in [6.45, 7) is 7.89. The van der Waals surface area contributed by atoms with Gasteiger partial charge in [0.25, 0.3) is 5.91 Å². The molecule has 2 aliphatic rings. The van der Waals surface area contributed by atoms with Crippen LogP contribution in [0.3, 0.4) is 0 Å². The molecule has 8 nitrogen and oxygen atoms in total. The van der Waals surface area contributed by atoms with E-state index in [1.165, 1.54) is 0 Å². The molecule has 198 valence electrons. The van der Waals surface area contributed by atoms with E-state index in [9.17, 15) is 14.9 Å². The molecule has 38 heavy (non-hydrogen) atoms. The average molecular weight is 580 g/mol. The molecule has 1 unspecified atom stereocenters. The fraction of sp³-hybridized carbons (Fsp3) is 0.345. The smallest absolute Gasteiger partial charge is 0.262 e. The lowest BCUT2D eigenvalue weighted by Gasteiger charge is -2.37. The van der Waals surface area contributed by atoms with E-state index in [4.69, 9.17) is 19.9 Å². The van der Waals surface area contributed by atoms with Gasteiger partial charge in [0, 0.05) is 28.6 Å². The number of allylic oxidation sites excluding steroid dienone is 3. The Bertz CT molecular complexity index is 1400. The van der Waals surface area contributed by atoms with Gasteiger partial charge in [0.1, 0.15) is 17.4 Å². The summed E-state index contributed by atoms with van der Waals surface area (Å²) in [5.41, 5.74) is 8.81. The number of nitrogens with zero attached hydrogens (tertiary/aromatic N) is 1. The van der Waals surface area contributed by atoms with Gasteiger partial charge in [-0.2, -0.15) is 5.26 Å². The number of benzene rings is 2. The molecule has 3 N–H and O–H groups in total. The summed E-state index contributed by atoms with van der Waals surface area (Å²) in [6.07, 6.45) is 0.882. The van der Waals surface area contributed by atoms with E-state index in [0.29, 0.717) is 53.5 Å². The summed E-state index contributed by atoms with van der Waals surface area (Å²) in [5, 5.41) is 12.7. The minimum atomic E-state index is -0.676. The average Bonchev–Trinajstić information content (AvgIpc) is 2.84. The molecule has 0 radical (unpaired) electrons. The number of Topliss-reactive ketones (excluding diaryl/α,β-unsaturated/α-hetero) is 1. The second-order valence-electron chi connectivity index (χ2n) is 10.1. The van der Waals surface area contributed by atoms with E-state index in [2.05, 4.69) is 27.3 Å². The van der Waals surface area contributed by atoms with Crippen molar-refractivity contribution in [3.8, 4) is 17.6 Å². The number of nitriles is 1. The van der Waals surface area contributed by atoms with E-state index in [1.54, 1.807) is 24.3 Å². The number of ketones is 1. The van der Waals surface area contributed by atoms with Crippen LogP contribution in [-0.2, 0) is 14.3 Å². The predicted molar refractivity (Wildman–Crippen MR) is 146 cm³/mol. The molecule has 1 amide bonds. The number of nitrogens with two attached hydrogens (primary N) is 1. The lowest BCUT2D eigenvalue weighted by atomic mass is 9.70. The van der Waals surface area contributed by atoms with Crippen molar-refractivity contribution < 1.29 is 23.8 Å². The van der Waals surface area contributed by atoms with Crippen LogP contribution in [0.5, 0.6) is 11.5 Å². The summed E-state index contributed by atoms with van der Waals surface area (Å²) in [6, 6.07) is 12.8. The first kappa shape index (κ1) is 27.3. The van der Waals surface area contributed by atoms with Crippen LogP contribution in [0.2, 0.25) is 0 Å². The van der Waals surface area contributed by atoms with E-state index in [1.807, 2.05) is 39.8 Å². The number of hydrogen-bond acceptors (Lipinski definition) is 7. The molecule has 2 aromatic rings. The molecule has 9 heteroatoms. The second-order valence-corrected chi connectivity index (χ2v) is 11.0. The molecule has 0 fully saturated rings. The maximum Gasteiger partial charge on any atom is 0.262 e. The highest BCUT2D eigenvalue weighted by atomic mass is 79.9. The molecule has 0 spiro atoms. The van der Waals surface area contributed by atoms with Crippen LogP contribution in [-0.4, -0.2) is 24.9 Å². The Hall–Kier alpha value is -3.77. The molecule has 0 saturated heterocycles. The van der Waals surface area contributed by atoms with Gasteiger partial charge in [0.2, 0.25) is 5.88 Å². The predicted octanol–water partition coefficient (Wildman–Crippen LogP) is 5.62. The SMILES string of the molecule is CCOc1cc(C2C(C#N)=C(N)OC3=C2C(=O)CC(C)(C)C3)ccc1OCC(=O)Nc1ccc(Br)c(C)c1. The van der Waals surface area contributed by atoms with Crippen LogP contribution in [0.25, 0.3) is 0 Å². The van der Waals surface area contributed by atoms with Crippen molar-refractivity contribution in [2.75, 3.05) is 18.5 Å². The van der Waals surface area contributed by atoms with Gasteiger partial charge in [0.05, 0.1) is 12.5 Å². The monoisotopic (exact) mass is 579 g/mol. The van der Waals surface area contributed by atoms with Gasteiger partial charge in [-0.3, -0.25) is 9.59 Å². The minimum Gasteiger partial charge on any atom is -0.490 e. The Morgan fingerprint density at radius 1 is 1.21 bits per heavy atom. The van der Waals surface area contributed by atoms with E-state index in [-0.39, 0.29) is 35.2 Å². The zero-order valence-electron chi connectivity index (χ0n) is 21.8. The van der Waals surface area contributed by atoms with Gasteiger partial charge >= 0.3 is 0 Å². The Morgan fingerprint density at radius 2 is 1.97 bits per heavy atom. The van der Waals surface area contributed by atoms with Crippen LogP contribution in [0.4, 0.5) is 5.69 Å². The number of rotatable bonds is 7. The molecule has 0 saturated carbocycles. The van der Waals surface area contributed by atoms with Gasteiger partial charge < -0.3 is 25.3 Å². The fourth-order valence-electron chi connectivity index (χ4n) is 4.77. The van der Waals surface area contributed by atoms with Crippen LogP contribution in [0.1, 0.15) is 50.7 Å². The summed E-state index contributed by atoms with van der Waals surface area (Å²) in [4.78, 5) is 25.8. The van der Waals surface area contributed by atoms with Crippen molar-refractivity contribution in [3.05, 3.63) is 74.8 Å². The minimum absolute atomic E-state index is 0.000106. The second kappa shape index (κ2) is 10.9. The molecule has 1 heterocycles. The van der Waals surface area contributed by atoms with Gasteiger partial charge in [-0.15, -0.1) is 0 Å². The van der Waals surface area contributed by atoms with Crippen LogP contribution < -0.4 is 20.5 Å². The largest absolute Gasteiger partial charge is 0.490 e. The number of aryl methyl sites for hydroxylation is 1. The highest BCUT2D eigenvalue weighted by Gasteiger charge is 2.43. The summed E-state index contributed by atoms with van der Waals surface area (Å²) in [7, 11) is 0. The first-order valence-corrected chi connectivity index (χ1v) is 13.1. The van der Waals surface area contributed by atoms with Gasteiger partial charge in [-0.05, 0) is 60.7 Å². The Balaban J connectivity index is 1.60. The third-order valence-electron chi connectivity index (χ3n) is 6.48.